The molecule has 6 rings (SSSR count). The lowest BCUT2D eigenvalue weighted by Crippen LogP contribution is -2.18. The third-order valence-corrected chi connectivity index (χ3v) is 7.36. The van der Waals surface area contributed by atoms with Gasteiger partial charge in [0, 0.05) is 5.41 Å². The number of benzene rings is 2. The van der Waals surface area contributed by atoms with Crippen molar-refractivity contribution in [2.45, 2.75) is 32.1 Å². The first kappa shape index (κ1) is 31.3. The van der Waals surface area contributed by atoms with Gasteiger partial charge in [0.1, 0.15) is 51.1 Å². The highest BCUT2D eigenvalue weighted by Gasteiger charge is 2.23. The van der Waals surface area contributed by atoms with Gasteiger partial charge in [-0.25, -0.2) is 0 Å². The van der Waals surface area contributed by atoms with E-state index < -0.39 is 0 Å². The van der Waals surface area contributed by atoms with E-state index in [1.807, 2.05) is 24.3 Å². The van der Waals surface area contributed by atoms with Crippen molar-refractivity contribution in [2.75, 3.05) is 79.0 Å². The summed E-state index contributed by atoms with van der Waals surface area (Å²) in [6.07, 6.45) is 1.42. The second-order valence-corrected chi connectivity index (χ2v) is 10.9. The molecular weight excluding hydrogens is 564 g/mol. The maximum absolute atomic E-state index is 5.84. The third-order valence-electron chi connectivity index (χ3n) is 7.36. The van der Waals surface area contributed by atoms with Crippen LogP contribution in [-0.2, 0) is 29.1 Å². The predicted octanol–water partition coefficient (Wildman–Crippen LogP) is 4.27. The fraction of sp³-hybridized carbons (Fsp3) is 0.515. The first-order valence-corrected chi connectivity index (χ1v) is 15.3. The quantitative estimate of drug-likeness (QED) is 0.316. The van der Waals surface area contributed by atoms with Crippen molar-refractivity contribution in [3.63, 3.8) is 0 Å². The van der Waals surface area contributed by atoms with E-state index >= 15 is 0 Å². The van der Waals surface area contributed by atoms with Crippen LogP contribution in [0, 0.1) is 0 Å². The molecule has 11 nitrogen and oxygen atoms in total. The van der Waals surface area contributed by atoms with Crippen LogP contribution in [0.15, 0.2) is 68.5 Å². The minimum Gasteiger partial charge on any atom is -0.493 e. The van der Waals surface area contributed by atoms with E-state index in [1.54, 1.807) is 0 Å². The Balaban J connectivity index is 0.000000245. The summed E-state index contributed by atoms with van der Waals surface area (Å²) < 4.78 is 38.1. The van der Waals surface area contributed by atoms with Gasteiger partial charge in [-0.2, -0.15) is 0 Å². The molecule has 0 fully saturated rings. The van der Waals surface area contributed by atoms with Crippen LogP contribution >= 0.6 is 0 Å². The highest BCUT2D eigenvalue weighted by atomic mass is 16.6. The van der Waals surface area contributed by atoms with Gasteiger partial charge in [0.25, 0.3) is 0 Å². The normalized spacial score (nSPS) is 17.1. The highest BCUT2D eigenvalue weighted by molar-refractivity contribution is 5.81. The molecule has 236 valence electrons. The minimum atomic E-state index is -0.129. The van der Waals surface area contributed by atoms with Gasteiger partial charge >= 0.3 is 0 Å². The third kappa shape index (κ3) is 9.44. The number of aliphatic imine (C=N–C) groups is 4. The second kappa shape index (κ2) is 16.1. The SMILES string of the molecule is C1COC(COCC2=NCCO2)=N1.CC(C)(c1ccc(OCCC2=NCCO2)cc1)c1ccc(OCCC2=NCCO2)cc1. The lowest BCUT2D eigenvalue weighted by molar-refractivity contribution is 0.173. The van der Waals surface area contributed by atoms with Gasteiger partial charge in [0.2, 0.25) is 11.8 Å². The monoisotopic (exact) mass is 606 g/mol. The Labute approximate surface area is 259 Å². The average Bonchev–Trinajstić information content (AvgIpc) is 3.88. The summed E-state index contributed by atoms with van der Waals surface area (Å²) in [5.74, 6) is 4.67. The molecule has 0 radical (unpaired) electrons. The first-order valence-electron chi connectivity index (χ1n) is 15.3. The predicted molar refractivity (Wildman–Crippen MR) is 169 cm³/mol. The molecule has 0 saturated carbocycles. The zero-order valence-corrected chi connectivity index (χ0v) is 25.7. The zero-order valence-electron chi connectivity index (χ0n) is 25.7. The van der Waals surface area contributed by atoms with Crippen LogP contribution < -0.4 is 9.47 Å². The number of hydrogen-bond donors (Lipinski definition) is 0. The maximum atomic E-state index is 5.84. The lowest BCUT2D eigenvalue weighted by Gasteiger charge is -2.26. The van der Waals surface area contributed by atoms with Crippen LogP contribution in [0.2, 0.25) is 0 Å². The van der Waals surface area contributed by atoms with Crippen molar-refractivity contribution in [3.05, 3.63) is 59.7 Å². The highest BCUT2D eigenvalue weighted by Crippen LogP contribution is 2.33. The molecule has 0 atom stereocenters. The average molecular weight is 607 g/mol. The Hall–Kier alpha value is -4.12. The topological polar surface area (TPSA) is 114 Å². The van der Waals surface area contributed by atoms with Crippen LogP contribution in [0.1, 0.15) is 37.8 Å². The lowest BCUT2D eigenvalue weighted by atomic mass is 9.78. The molecule has 0 N–H and O–H groups in total. The number of ether oxygens (including phenoxy) is 7. The van der Waals surface area contributed by atoms with E-state index in [-0.39, 0.29) is 5.41 Å². The van der Waals surface area contributed by atoms with Gasteiger partial charge in [-0.1, -0.05) is 38.1 Å². The van der Waals surface area contributed by atoms with Gasteiger partial charge in [-0.05, 0) is 35.4 Å². The van der Waals surface area contributed by atoms with Crippen LogP contribution in [0.3, 0.4) is 0 Å². The second-order valence-electron chi connectivity index (χ2n) is 10.9. The molecule has 0 saturated heterocycles. The van der Waals surface area contributed by atoms with Crippen molar-refractivity contribution in [3.8, 4) is 11.5 Å². The fourth-order valence-corrected chi connectivity index (χ4v) is 4.84. The summed E-state index contributed by atoms with van der Waals surface area (Å²) in [5.41, 5.74) is 2.33. The Morgan fingerprint density at radius 2 is 0.909 bits per heavy atom. The Morgan fingerprint density at radius 1 is 0.545 bits per heavy atom. The van der Waals surface area contributed by atoms with Crippen molar-refractivity contribution < 1.29 is 33.2 Å². The van der Waals surface area contributed by atoms with Crippen LogP contribution in [-0.4, -0.2) is 103 Å². The summed E-state index contributed by atoms with van der Waals surface area (Å²) in [6, 6.07) is 16.6. The van der Waals surface area contributed by atoms with Crippen molar-refractivity contribution in [1.82, 2.24) is 0 Å². The summed E-state index contributed by atoms with van der Waals surface area (Å²) in [5, 5.41) is 0. The Kier molecular flexibility index (Phi) is 11.5. The molecule has 0 aromatic heterocycles. The molecule has 0 bridgehead atoms. The number of rotatable bonds is 14. The van der Waals surface area contributed by atoms with Crippen molar-refractivity contribution in [2.24, 2.45) is 20.0 Å². The van der Waals surface area contributed by atoms with E-state index in [9.17, 15) is 0 Å². The Bertz CT molecular complexity index is 1220. The molecule has 0 unspecified atom stereocenters. The molecule has 44 heavy (non-hydrogen) atoms. The van der Waals surface area contributed by atoms with Gasteiger partial charge in [0.15, 0.2) is 11.8 Å². The van der Waals surface area contributed by atoms with E-state index in [4.69, 9.17) is 33.2 Å². The smallest absolute Gasteiger partial charge is 0.210 e. The fourth-order valence-electron chi connectivity index (χ4n) is 4.84. The molecule has 11 heteroatoms. The summed E-state index contributed by atoms with van der Waals surface area (Å²) in [6.45, 7) is 12.2. The standard InChI is InChI=1S/C25H30N2O4.C8H12N2O3/c1-25(2,19-3-7-21(8-4-19)28-15-11-23-26-13-17-30-23)20-5-9-22(10-6-20)29-16-12-24-27-14-18-31-24;1-3-12-7(9-1)5-11-6-8-10-2-4-13-8/h3-10H,11-18H2,1-2H3;1-6H2. The molecule has 4 aliphatic heterocycles. The molecule has 4 aliphatic rings. The summed E-state index contributed by atoms with van der Waals surface area (Å²) in [4.78, 5) is 16.7. The van der Waals surface area contributed by atoms with E-state index in [2.05, 4.69) is 58.1 Å². The van der Waals surface area contributed by atoms with E-state index in [0.29, 0.717) is 77.5 Å². The largest absolute Gasteiger partial charge is 0.493 e. The zero-order chi connectivity index (χ0) is 30.5. The van der Waals surface area contributed by atoms with Crippen LogP contribution in [0.5, 0.6) is 11.5 Å². The molecule has 0 spiro atoms. The Morgan fingerprint density at radius 3 is 1.25 bits per heavy atom. The van der Waals surface area contributed by atoms with Gasteiger partial charge in [0.05, 0.1) is 52.2 Å². The number of hydrogen-bond acceptors (Lipinski definition) is 11. The van der Waals surface area contributed by atoms with E-state index in [0.717, 1.165) is 49.5 Å². The van der Waals surface area contributed by atoms with E-state index in [1.165, 1.54) is 11.1 Å². The molecule has 4 heterocycles. The summed E-state index contributed by atoms with van der Waals surface area (Å²) >= 11 is 0. The molecule has 2 aromatic carbocycles. The maximum Gasteiger partial charge on any atom is 0.210 e. The molecule has 2 aromatic rings. The molecule has 0 aliphatic carbocycles. The number of nitrogens with zero attached hydrogens (tertiary/aromatic N) is 4. The van der Waals surface area contributed by atoms with Gasteiger partial charge in [-0.3, -0.25) is 20.0 Å². The van der Waals surface area contributed by atoms with Crippen molar-refractivity contribution in [1.29, 1.82) is 0 Å². The van der Waals surface area contributed by atoms with Crippen molar-refractivity contribution >= 4 is 23.6 Å². The molecule has 0 amide bonds. The molecular formula is C33H42N4O7. The summed E-state index contributed by atoms with van der Waals surface area (Å²) in [7, 11) is 0. The van der Waals surface area contributed by atoms with Crippen LogP contribution in [0.4, 0.5) is 0 Å². The van der Waals surface area contributed by atoms with Gasteiger partial charge < -0.3 is 33.2 Å². The van der Waals surface area contributed by atoms with Gasteiger partial charge in [-0.15, -0.1) is 0 Å². The minimum absolute atomic E-state index is 0.129. The van der Waals surface area contributed by atoms with Crippen LogP contribution in [0.25, 0.3) is 0 Å². The first-order chi connectivity index (χ1) is 21.6.